The van der Waals surface area contributed by atoms with Gasteiger partial charge in [-0.05, 0) is 43.4 Å². The number of carbonyl (C=O) groups excluding carboxylic acids is 1. The van der Waals surface area contributed by atoms with Crippen molar-refractivity contribution in [2.24, 2.45) is 10.9 Å². The highest BCUT2D eigenvalue weighted by Crippen LogP contribution is 2.07. The van der Waals surface area contributed by atoms with Gasteiger partial charge in [-0.3, -0.25) is 4.79 Å². The average molecular weight is 377 g/mol. The summed E-state index contributed by atoms with van der Waals surface area (Å²) in [6, 6.07) is 7.61. The van der Waals surface area contributed by atoms with Gasteiger partial charge in [0.15, 0.2) is 5.96 Å². The molecule has 0 aliphatic heterocycles. The summed E-state index contributed by atoms with van der Waals surface area (Å²) in [5, 5.41) is 9.41. The number of amides is 1. The average Bonchev–Trinajstić information content (AvgIpc) is 2.66. The Labute approximate surface area is 164 Å². The van der Waals surface area contributed by atoms with Gasteiger partial charge in [0, 0.05) is 31.8 Å². The number of hydrogen-bond donors (Lipinski definition) is 3. The summed E-state index contributed by atoms with van der Waals surface area (Å²) in [4.78, 5) is 16.7. The zero-order valence-electron chi connectivity index (χ0n) is 17.3. The first-order valence-electron chi connectivity index (χ1n) is 10.0. The maximum Gasteiger partial charge on any atom is 0.251 e. The number of hydrogen-bond acceptors (Lipinski definition) is 3. The first-order valence-corrected chi connectivity index (χ1v) is 10.0. The van der Waals surface area contributed by atoms with Crippen LogP contribution in [0.5, 0.6) is 0 Å². The topological polar surface area (TPSA) is 74.8 Å². The third kappa shape index (κ3) is 10.6. The quantitative estimate of drug-likeness (QED) is 0.298. The summed E-state index contributed by atoms with van der Waals surface area (Å²) in [5.41, 5.74) is 1.68. The van der Waals surface area contributed by atoms with Crippen LogP contribution in [0.2, 0.25) is 0 Å². The van der Waals surface area contributed by atoms with Crippen LogP contribution in [0.15, 0.2) is 29.3 Å². The van der Waals surface area contributed by atoms with Gasteiger partial charge in [0.25, 0.3) is 5.91 Å². The van der Waals surface area contributed by atoms with Crippen molar-refractivity contribution in [3.8, 4) is 0 Å². The van der Waals surface area contributed by atoms with E-state index in [1.54, 1.807) is 0 Å². The second kappa shape index (κ2) is 14.0. The highest BCUT2D eigenvalue weighted by Gasteiger charge is 2.05. The van der Waals surface area contributed by atoms with E-state index in [1.165, 1.54) is 0 Å². The molecule has 0 unspecified atom stereocenters. The molecule has 1 amide bonds. The Morgan fingerprint density at radius 3 is 2.63 bits per heavy atom. The maximum absolute atomic E-state index is 12.1. The summed E-state index contributed by atoms with van der Waals surface area (Å²) in [7, 11) is 0. The minimum Gasteiger partial charge on any atom is -0.380 e. The molecule has 0 aromatic heterocycles. The molecule has 0 saturated heterocycles. The minimum absolute atomic E-state index is 0.0359. The molecule has 0 aliphatic rings. The van der Waals surface area contributed by atoms with Crippen LogP contribution in [0.25, 0.3) is 0 Å². The zero-order chi connectivity index (χ0) is 19.9. The molecule has 0 radical (unpaired) electrons. The van der Waals surface area contributed by atoms with Crippen LogP contribution < -0.4 is 16.0 Å². The Hall–Kier alpha value is -2.08. The molecule has 27 heavy (non-hydrogen) atoms. The summed E-state index contributed by atoms with van der Waals surface area (Å²) in [6.45, 7) is 12.6. The fraction of sp³-hybridized carbons (Fsp3) is 0.619. The second-order valence-corrected chi connectivity index (χ2v) is 6.87. The summed E-state index contributed by atoms with van der Waals surface area (Å²) < 4.78 is 5.62. The van der Waals surface area contributed by atoms with Crippen molar-refractivity contribution in [3.63, 3.8) is 0 Å². The zero-order valence-corrected chi connectivity index (χ0v) is 17.3. The molecule has 0 spiro atoms. The second-order valence-electron chi connectivity index (χ2n) is 6.87. The lowest BCUT2D eigenvalue weighted by molar-refractivity contribution is 0.0953. The molecular weight excluding hydrogens is 340 g/mol. The largest absolute Gasteiger partial charge is 0.380 e. The molecule has 0 bridgehead atoms. The fourth-order valence-electron chi connectivity index (χ4n) is 2.33. The van der Waals surface area contributed by atoms with Crippen molar-refractivity contribution in [2.75, 3.05) is 32.8 Å². The lowest BCUT2D eigenvalue weighted by Crippen LogP contribution is -2.39. The van der Waals surface area contributed by atoms with Crippen molar-refractivity contribution in [1.29, 1.82) is 0 Å². The molecule has 6 heteroatoms. The molecule has 1 aromatic carbocycles. The van der Waals surface area contributed by atoms with Crippen LogP contribution in [0, 0.1) is 5.92 Å². The van der Waals surface area contributed by atoms with Crippen molar-refractivity contribution in [2.45, 2.75) is 47.1 Å². The van der Waals surface area contributed by atoms with Crippen LogP contribution in [0.1, 0.15) is 56.5 Å². The lowest BCUT2D eigenvalue weighted by atomic mass is 10.1. The van der Waals surface area contributed by atoms with Gasteiger partial charge in [-0.2, -0.15) is 0 Å². The third-order valence-electron chi connectivity index (χ3n) is 3.87. The van der Waals surface area contributed by atoms with E-state index in [9.17, 15) is 4.79 Å². The standard InChI is InChI=1S/C21H36N4O2/c1-5-11-23-20(26)19-9-7-8-18(15-19)16-25-21(22-6-2)24-12-14-27-13-10-17(3)4/h7-9,15,17H,5-6,10-14,16H2,1-4H3,(H,23,26)(H2,22,24,25). The van der Waals surface area contributed by atoms with E-state index in [0.29, 0.717) is 37.7 Å². The molecule has 0 heterocycles. The molecule has 0 atom stereocenters. The molecule has 1 aromatic rings. The van der Waals surface area contributed by atoms with E-state index in [1.807, 2.05) is 38.1 Å². The van der Waals surface area contributed by atoms with Gasteiger partial charge in [0.05, 0.1) is 13.2 Å². The van der Waals surface area contributed by atoms with E-state index in [4.69, 9.17) is 4.74 Å². The number of aliphatic imine (C=N–C) groups is 1. The van der Waals surface area contributed by atoms with Gasteiger partial charge in [-0.15, -0.1) is 0 Å². The van der Waals surface area contributed by atoms with Gasteiger partial charge in [-0.25, -0.2) is 4.99 Å². The Morgan fingerprint density at radius 1 is 1.11 bits per heavy atom. The SMILES string of the molecule is CCCNC(=O)c1cccc(CN=C(NCC)NCCOCCC(C)C)c1. The molecular formula is C21H36N4O2. The van der Waals surface area contributed by atoms with Gasteiger partial charge in [0.2, 0.25) is 0 Å². The third-order valence-corrected chi connectivity index (χ3v) is 3.87. The highest BCUT2D eigenvalue weighted by atomic mass is 16.5. The van der Waals surface area contributed by atoms with Gasteiger partial charge < -0.3 is 20.7 Å². The van der Waals surface area contributed by atoms with Crippen molar-refractivity contribution >= 4 is 11.9 Å². The molecule has 1 rings (SSSR count). The maximum atomic E-state index is 12.1. The number of guanidine groups is 1. The van der Waals surface area contributed by atoms with Crippen LogP contribution >= 0.6 is 0 Å². The summed E-state index contributed by atoms with van der Waals surface area (Å²) >= 11 is 0. The van der Waals surface area contributed by atoms with Gasteiger partial charge in [-0.1, -0.05) is 32.9 Å². The molecule has 0 saturated carbocycles. The smallest absolute Gasteiger partial charge is 0.251 e. The number of nitrogens with one attached hydrogen (secondary N) is 3. The minimum atomic E-state index is -0.0359. The number of ether oxygens (including phenoxy) is 1. The van der Waals surface area contributed by atoms with E-state index in [0.717, 1.165) is 37.5 Å². The van der Waals surface area contributed by atoms with E-state index < -0.39 is 0 Å². The van der Waals surface area contributed by atoms with Gasteiger partial charge >= 0.3 is 0 Å². The fourth-order valence-corrected chi connectivity index (χ4v) is 2.33. The Balaban J connectivity index is 2.50. The predicted octanol–water partition coefficient (Wildman–Crippen LogP) is 2.94. The molecule has 0 fully saturated rings. The lowest BCUT2D eigenvalue weighted by Gasteiger charge is -2.12. The first kappa shape index (κ1) is 23.0. The molecule has 152 valence electrons. The Bertz CT molecular complexity index is 573. The van der Waals surface area contributed by atoms with Crippen molar-refractivity contribution < 1.29 is 9.53 Å². The van der Waals surface area contributed by atoms with Gasteiger partial charge in [0.1, 0.15) is 0 Å². The molecule has 0 aliphatic carbocycles. The Kier molecular flexibility index (Phi) is 11.9. The van der Waals surface area contributed by atoms with E-state index in [-0.39, 0.29) is 5.91 Å². The number of carbonyl (C=O) groups is 1. The van der Waals surface area contributed by atoms with Crippen LogP contribution in [-0.4, -0.2) is 44.7 Å². The number of rotatable bonds is 12. The van der Waals surface area contributed by atoms with Crippen LogP contribution in [0.3, 0.4) is 0 Å². The molecule has 3 N–H and O–H groups in total. The summed E-state index contributed by atoms with van der Waals surface area (Å²) in [5.74, 6) is 1.38. The van der Waals surface area contributed by atoms with Crippen molar-refractivity contribution in [3.05, 3.63) is 35.4 Å². The molecule has 6 nitrogen and oxygen atoms in total. The van der Waals surface area contributed by atoms with E-state index >= 15 is 0 Å². The Morgan fingerprint density at radius 2 is 1.93 bits per heavy atom. The van der Waals surface area contributed by atoms with Crippen LogP contribution in [0.4, 0.5) is 0 Å². The van der Waals surface area contributed by atoms with Crippen molar-refractivity contribution in [1.82, 2.24) is 16.0 Å². The number of nitrogens with zero attached hydrogens (tertiary/aromatic N) is 1. The normalized spacial score (nSPS) is 11.5. The monoisotopic (exact) mass is 376 g/mol. The van der Waals surface area contributed by atoms with E-state index in [2.05, 4.69) is 34.8 Å². The summed E-state index contributed by atoms with van der Waals surface area (Å²) in [6.07, 6.45) is 2.00. The van der Waals surface area contributed by atoms with Crippen LogP contribution in [-0.2, 0) is 11.3 Å². The highest BCUT2D eigenvalue weighted by molar-refractivity contribution is 5.94. The number of benzene rings is 1. The first-order chi connectivity index (χ1) is 13.1. The predicted molar refractivity (Wildman–Crippen MR) is 112 cm³/mol.